The molecule has 25 heavy (non-hydrogen) atoms. The van der Waals surface area contributed by atoms with Gasteiger partial charge in [0.15, 0.2) is 5.60 Å². The maximum atomic E-state index is 12.4. The van der Waals surface area contributed by atoms with E-state index in [2.05, 4.69) is 10.0 Å². The standard InChI is InChI=1S/C16H24N2O6S/c1-10-7-11(2)14(12(3)8-10)25(23,24)18-6-5-13(19)17-9-16(4,22)15(20)21/h7-8,18,22H,5-6,9H2,1-4H3,(H,17,19)(H,20,21). The lowest BCUT2D eigenvalue weighted by Crippen LogP contribution is -2.47. The van der Waals surface area contributed by atoms with Crippen LogP contribution in [0.5, 0.6) is 0 Å². The van der Waals surface area contributed by atoms with Gasteiger partial charge in [-0.2, -0.15) is 0 Å². The summed E-state index contributed by atoms with van der Waals surface area (Å²) in [5.41, 5.74) is 0.114. The van der Waals surface area contributed by atoms with E-state index in [1.165, 1.54) is 0 Å². The van der Waals surface area contributed by atoms with Crippen molar-refractivity contribution in [3.8, 4) is 0 Å². The maximum Gasteiger partial charge on any atom is 0.337 e. The third-order valence-corrected chi connectivity index (χ3v) is 5.37. The molecule has 1 aromatic rings. The molecule has 1 amide bonds. The van der Waals surface area contributed by atoms with Crippen molar-refractivity contribution in [2.45, 2.75) is 44.6 Å². The minimum atomic E-state index is -3.76. The second-order valence-corrected chi connectivity index (χ2v) is 7.94. The van der Waals surface area contributed by atoms with Gasteiger partial charge in [0.1, 0.15) is 0 Å². The number of nitrogens with one attached hydrogen (secondary N) is 2. The minimum absolute atomic E-state index is 0.143. The van der Waals surface area contributed by atoms with Gasteiger partial charge < -0.3 is 15.5 Å². The number of carboxylic acid groups (broad SMARTS) is 1. The number of carbonyl (C=O) groups is 2. The van der Waals surface area contributed by atoms with Crippen molar-refractivity contribution in [1.29, 1.82) is 0 Å². The first-order valence-electron chi connectivity index (χ1n) is 7.67. The Morgan fingerprint density at radius 2 is 1.68 bits per heavy atom. The predicted octanol–water partition coefficient (Wildman–Crippen LogP) is 0.232. The van der Waals surface area contributed by atoms with Crippen LogP contribution in [0, 0.1) is 20.8 Å². The van der Waals surface area contributed by atoms with E-state index in [4.69, 9.17) is 5.11 Å². The van der Waals surface area contributed by atoms with Gasteiger partial charge in [0.25, 0.3) is 0 Å². The predicted molar refractivity (Wildman–Crippen MR) is 91.7 cm³/mol. The van der Waals surface area contributed by atoms with Crippen LogP contribution in [0.15, 0.2) is 17.0 Å². The Hall–Kier alpha value is -1.97. The average Bonchev–Trinajstić information content (AvgIpc) is 2.43. The first kappa shape index (κ1) is 21.1. The Kier molecular flexibility index (Phi) is 6.69. The van der Waals surface area contributed by atoms with Gasteiger partial charge in [0.05, 0.1) is 11.4 Å². The summed E-state index contributed by atoms with van der Waals surface area (Å²) in [6.45, 7) is 5.73. The fraction of sp³-hybridized carbons (Fsp3) is 0.500. The molecule has 0 heterocycles. The highest BCUT2D eigenvalue weighted by Gasteiger charge is 2.30. The third-order valence-electron chi connectivity index (χ3n) is 3.61. The van der Waals surface area contributed by atoms with Crippen LogP contribution in [0.2, 0.25) is 0 Å². The number of carbonyl (C=O) groups excluding carboxylic acids is 1. The van der Waals surface area contributed by atoms with E-state index in [1.54, 1.807) is 26.0 Å². The molecule has 1 unspecified atom stereocenters. The molecule has 0 spiro atoms. The monoisotopic (exact) mass is 372 g/mol. The number of carboxylic acids is 1. The fourth-order valence-electron chi connectivity index (χ4n) is 2.40. The molecule has 0 fully saturated rings. The molecule has 0 aliphatic rings. The third kappa shape index (κ3) is 5.80. The van der Waals surface area contributed by atoms with Crippen LogP contribution in [0.1, 0.15) is 30.0 Å². The van der Waals surface area contributed by atoms with Crippen molar-refractivity contribution in [2.75, 3.05) is 13.1 Å². The molecule has 0 aliphatic heterocycles. The van der Waals surface area contributed by atoms with Crippen LogP contribution in [-0.2, 0) is 19.6 Å². The van der Waals surface area contributed by atoms with E-state index in [1.807, 2.05) is 6.92 Å². The van der Waals surface area contributed by atoms with E-state index >= 15 is 0 Å². The molecule has 1 atom stereocenters. The topological polar surface area (TPSA) is 133 Å². The molecule has 0 bridgehead atoms. The number of hydrogen-bond acceptors (Lipinski definition) is 5. The van der Waals surface area contributed by atoms with E-state index in [0.29, 0.717) is 11.1 Å². The zero-order valence-corrected chi connectivity index (χ0v) is 15.5. The second kappa shape index (κ2) is 7.94. The molecule has 1 rings (SSSR count). The maximum absolute atomic E-state index is 12.4. The summed E-state index contributed by atoms with van der Waals surface area (Å²) in [5, 5.41) is 20.5. The van der Waals surface area contributed by atoms with Gasteiger partial charge in [-0.3, -0.25) is 4.79 Å². The second-order valence-electron chi connectivity index (χ2n) is 6.23. The van der Waals surface area contributed by atoms with Gasteiger partial charge in [-0.05, 0) is 38.8 Å². The number of aliphatic carboxylic acids is 1. The van der Waals surface area contributed by atoms with Gasteiger partial charge in [0, 0.05) is 13.0 Å². The van der Waals surface area contributed by atoms with Gasteiger partial charge in [0.2, 0.25) is 15.9 Å². The normalized spacial score (nSPS) is 14.0. The molecule has 0 saturated heterocycles. The van der Waals surface area contributed by atoms with Crippen LogP contribution in [0.3, 0.4) is 0 Å². The Labute approximate surface area is 147 Å². The zero-order valence-electron chi connectivity index (χ0n) is 14.7. The lowest BCUT2D eigenvalue weighted by molar-refractivity contribution is -0.156. The molecule has 1 aromatic carbocycles. The molecule has 4 N–H and O–H groups in total. The van der Waals surface area contributed by atoms with Crippen LogP contribution in [-0.4, -0.2) is 49.2 Å². The number of aryl methyl sites for hydroxylation is 3. The molecule has 8 nitrogen and oxygen atoms in total. The number of hydrogen-bond donors (Lipinski definition) is 4. The molecule has 0 aromatic heterocycles. The Bertz CT molecular complexity index is 748. The molecule has 9 heteroatoms. The average molecular weight is 372 g/mol. The summed E-state index contributed by atoms with van der Waals surface area (Å²) in [6.07, 6.45) is -0.182. The quantitative estimate of drug-likeness (QED) is 0.516. The fourth-order valence-corrected chi connectivity index (χ4v) is 3.88. The highest BCUT2D eigenvalue weighted by molar-refractivity contribution is 7.89. The van der Waals surface area contributed by atoms with Crippen LogP contribution < -0.4 is 10.0 Å². The molecule has 0 saturated carbocycles. The van der Waals surface area contributed by atoms with Gasteiger partial charge >= 0.3 is 5.97 Å². The van der Waals surface area contributed by atoms with E-state index in [9.17, 15) is 23.1 Å². The van der Waals surface area contributed by atoms with Crippen molar-refractivity contribution in [2.24, 2.45) is 0 Å². The summed E-state index contributed by atoms with van der Waals surface area (Å²) in [7, 11) is -3.76. The van der Waals surface area contributed by atoms with E-state index in [0.717, 1.165) is 12.5 Å². The summed E-state index contributed by atoms with van der Waals surface area (Å²) < 4.78 is 27.2. The first-order chi connectivity index (χ1) is 11.4. The minimum Gasteiger partial charge on any atom is -0.479 e. The summed E-state index contributed by atoms with van der Waals surface area (Å²) in [4.78, 5) is 22.6. The highest BCUT2D eigenvalue weighted by atomic mass is 32.2. The summed E-state index contributed by atoms with van der Waals surface area (Å²) in [6, 6.07) is 3.53. The SMILES string of the molecule is Cc1cc(C)c(S(=O)(=O)NCCC(=O)NCC(C)(O)C(=O)O)c(C)c1. The lowest BCUT2D eigenvalue weighted by Gasteiger charge is -2.18. The van der Waals surface area contributed by atoms with Gasteiger partial charge in [-0.25, -0.2) is 17.9 Å². The van der Waals surface area contributed by atoms with Crippen molar-refractivity contribution in [1.82, 2.24) is 10.0 Å². The van der Waals surface area contributed by atoms with E-state index < -0.39 is 34.0 Å². The first-order valence-corrected chi connectivity index (χ1v) is 9.15. The van der Waals surface area contributed by atoms with Crippen LogP contribution in [0.4, 0.5) is 0 Å². The molecule has 140 valence electrons. The van der Waals surface area contributed by atoms with Gasteiger partial charge in [-0.1, -0.05) is 17.7 Å². The molecular weight excluding hydrogens is 348 g/mol. The van der Waals surface area contributed by atoms with Crippen LogP contribution >= 0.6 is 0 Å². The number of rotatable bonds is 8. The van der Waals surface area contributed by atoms with Crippen molar-refractivity contribution in [3.63, 3.8) is 0 Å². The summed E-state index contributed by atoms with van der Waals surface area (Å²) in [5.74, 6) is -2.03. The Balaban J connectivity index is 2.64. The van der Waals surface area contributed by atoms with Crippen molar-refractivity contribution < 1.29 is 28.2 Å². The number of benzene rings is 1. The zero-order chi connectivity index (χ0) is 19.4. The largest absolute Gasteiger partial charge is 0.479 e. The van der Waals surface area contributed by atoms with Crippen molar-refractivity contribution >= 4 is 21.9 Å². The Morgan fingerprint density at radius 3 is 2.16 bits per heavy atom. The number of aliphatic hydroxyl groups is 1. The molecule has 0 radical (unpaired) electrons. The molecule has 0 aliphatic carbocycles. The van der Waals surface area contributed by atoms with E-state index in [-0.39, 0.29) is 17.9 Å². The summed E-state index contributed by atoms with van der Waals surface area (Å²) >= 11 is 0. The smallest absolute Gasteiger partial charge is 0.337 e. The van der Waals surface area contributed by atoms with Crippen LogP contribution in [0.25, 0.3) is 0 Å². The van der Waals surface area contributed by atoms with Gasteiger partial charge in [-0.15, -0.1) is 0 Å². The van der Waals surface area contributed by atoms with Crippen molar-refractivity contribution in [3.05, 3.63) is 28.8 Å². The molecular formula is C16H24N2O6S. The number of amides is 1. The lowest BCUT2D eigenvalue weighted by atomic mass is 10.1. The Morgan fingerprint density at radius 1 is 1.16 bits per heavy atom. The highest BCUT2D eigenvalue weighted by Crippen LogP contribution is 2.21. The number of sulfonamides is 1.